The van der Waals surface area contributed by atoms with Gasteiger partial charge in [-0.1, -0.05) is 30.8 Å². The molecule has 0 amide bonds. The summed E-state index contributed by atoms with van der Waals surface area (Å²) in [5.41, 5.74) is 1.28. The first kappa shape index (κ1) is 16.8. The highest BCUT2D eigenvalue weighted by Crippen LogP contribution is 2.35. The van der Waals surface area contributed by atoms with Gasteiger partial charge in [-0.05, 0) is 30.7 Å². The second-order valence-electron chi connectivity index (χ2n) is 6.79. The lowest BCUT2D eigenvalue weighted by atomic mass is 10.1. The zero-order valence-electron chi connectivity index (χ0n) is 14.5. The molecule has 4 rings (SSSR count). The number of rotatable bonds is 5. The maximum absolute atomic E-state index is 12.8. The number of thioether (sulfide) groups is 1. The molecule has 3 aromatic rings. The zero-order chi connectivity index (χ0) is 17.6. The summed E-state index contributed by atoms with van der Waals surface area (Å²) in [6, 6.07) is 0. The largest absolute Gasteiger partial charge is 0.338 e. The van der Waals surface area contributed by atoms with Crippen LogP contribution in [0.5, 0.6) is 0 Å². The number of fused-ring (bicyclic) bond motifs is 3. The van der Waals surface area contributed by atoms with Crippen LogP contribution in [0.25, 0.3) is 10.2 Å². The Morgan fingerprint density at radius 2 is 2.16 bits per heavy atom. The quantitative estimate of drug-likeness (QED) is 0.502. The number of nitrogens with zero attached hydrogens (tertiary/aromatic N) is 4. The van der Waals surface area contributed by atoms with Gasteiger partial charge in [0.25, 0.3) is 5.56 Å². The Labute approximate surface area is 153 Å². The number of thiophene rings is 1. The van der Waals surface area contributed by atoms with Gasteiger partial charge in [0.05, 0.1) is 11.1 Å². The minimum absolute atomic E-state index is 0.0536. The summed E-state index contributed by atoms with van der Waals surface area (Å²) < 4.78 is 6.94. The molecule has 1 aliphatic carbocycles. The molecule has 0 saturated heterocycles. The SMILES string of the molecule is CC(C)Cc1noc(CSc2nc3sc4c(c3c(=O)n2C)CCC4)n1. The van der Waals surface area contributed by atoms with Crippen LogP contribution >= 0.6 is 23.1 Å². The van der Waals surface area contributed by atoms with Crippen LogP contribution in [0.4, 0.5) is 0 Å². The molecular formula is C17H20N4O2S2. The van der Waals surface area contributed by atoms with Crippen LogP contribution in [-0.2, 0) is 32.1 Å². The highest BCUT2D eigenvalue weighted by molar-refractivity contribution is 7.98. The van der Waals surface area contributed by atoms with Gasteiger partial charge in [0.2, 0.25) is 5.89 Å². The molecule has 3 heterocycles. The van der Waals surface area contributed by atoms with Crippen LogP contribution in [0.1, 0.15) is 42.4 Å². The third-order valence-corrected chi connectivity index (χ3v) is 6.53. The summed E-state index contributed by atoms with van der Waals surface area (Å²) in [6.07, 6.45) is 4.02. The molecule has 0 aliphatic heterocycles. The fourth-order valence-electron chi connectivity index (χ4n) is 3.16. The molecule has 0 N–H and O–H groups in total. The van der Waals surface area contributed by atoms with Crippen molar-refractivity contribution in [2.75, 3.05) is 0 Å². The molecule has 8 heteroatoms. The van der Waals surface area contributed by atoms with Crippen molar-refractivity contribution in [3.63, 3.8) is 0 Å². The second kappa shape index (κ2) is 6.57. The summed E-state index contributed by atoms with van der Waals surface area (Å²) in [7, 11) is 1.79. The van der Waals surface area contributed by atoms with Crippen molar-refractivity contribution in [1.29, 1.82) is 0 Å². The van der Waals surface area contributed by atoms with Crippen molar-refractivity contribution in [3.05, 3.63) is 32.5 Å². The average molecular weight is 377 g/mol. The molecule has 0 saturated carbocycles. The minimum atomic E-state index is 0.0536. The van der Waals surface area contributed by atoms with Crippen molar-refractivity contribution in [3.8, 4) is 0 Å². The third-order valence-electron chi connectivity index (χ3n) is 4.33. The molecule has 0 atom stereocenters. The summed E-state index contributed by atoms with van der Waals surface area (Å²) in [5.74, 6) is 2.31. The fourth-order valence-corrected chi connectivity index (χ4v) is 5.27. The molecule has 0 fully saturated rings. The molecule has 132 valence electrons. The van der Waals surface area contributed by atoms with Gasteiger partial charge in [0.1, 0.15) is 4.83 Å². The maximum Gasteiger partial charge on any atom is 0.262 e. The van der Waals surface area contributed by atoms with E-state index in [9.17, 15) is 4.79 Å². The number of aromatic nitrogens is 4. The first-order chi connectivity index (χ1) is 12.0. The lowest BCUT2D eigenvalue weighted by Gasteiger charge is -2.06. The Kier molecular flexibility index (Phi) is 4.41. The fraction of sp³-hybridized carbons (Fsp3) is 0.529. The molecule has 6 nitrogen and oxygen atoms in total. The lowest BCUT2D eigenvalue weighted by Crippen LogP contribution is -2.20. The van der Waals surface area contributed by atoms with Crippen molar-refractivity contribution in [2.45, 2.75) is 50.4 Å². The van der Waals surface area contributed by atoms with E-state index in [2.05, 4.69) is 24.0 Å². The standard InChI is InChI=1S/C17H20N4O2S2/c1-9(2)7-12-18-13(23-20-12)8-24-17-19-15-14(16(22)21(17)3)10-5-4-6-11(10)25-15/h9H,4-8H2,1-3H3. The van der Waals surface area contributed by atoms with E-state index < -0.39 is 0 Å². The Hall–Kier alpha value is -1.67. The van der Waals surface area contributed by atoms with Gasteiger partial charge < -0.3 is 4.52 Å². The van der Waals surface area contributed by atoms with E-state index in [0.717, 1.165) is 41.7 Å². The molecule has 3 aromatic heterocycles. The van der Waals surface area contributed by atoms with E-state index in [-0.39, 0.29) is 5.56 Å². The van der Waals surface area contributed by atoms with Crippen molar-refractivity contribution in [1.82, 2.24) is 19.7 Å². The number of aryl methyl sites for hydroxylation is 2. The van der Waals surface area contributed by atoms with Crippen molar-refractivity contribution >= 4 is 33.3 Å². The van der Waals surface area contributed by atoms with Gasteiger partial charge in [-0.3, -0.25) is 9.36 Å². The first-order valence-corrected chi connectivity index (χ1v) is 10.3. The van der Waals surface area contributed by atoms with E-state index in [4.69, 9.17) is 9.51 Å². The highest BCUT2D eigenvalue weighted by atomic mass is 32.2. The Balaban J connectivity index is 1.58. The predicted octanol–water partition coefficient (Wildman–Crippen LogP) is 3.36. The van der Waals surface area contributed by atoms with Crippen molar-refractivity contribution in [2.24, 2.45) is 13.0 Å². The Morgan fingerprint density at radius 3 is 2.96 bits per heavy atom. The second-order valence-corrected chi connectivity index (χ2v) is 8.81. The van der Waals surface area contributed by atoms with Crippen LogP contribution in [0, 0.1) is 5.92 Å². The van der Waals surface area contributed by atoms with E-state index in [1.807, 2.05) is 0 Å². The highest BCUT2D eigenvalue weighted by Gasteiger charge is 2.22. The van der Waals surface area contributed by atoms with E-state index in [1.54, 1.807) is 23.0 Å². The van der Waals surface area contributed by atoms with E-state index in [1.165, 1.54) is 22.2 Å². The zero-order valence-corrected chi connectivity index (χ0v) is 16.2. The Bertz CT molecular complexity index is 987. The molecule has 0 unspecified atom stereocenters. The van der Waals surface area contributed by atoms with E-state index in [0.29, 0.717) is 22.7 Å². The summed E-state index contributed by atoms with van der Waals surface area (Å²) in [6.45, 7) is 4.25. The first-order valence-electron chi connectivity index (χ1n) is 8.48. The van der Waals surface area contributed by atoms with Gasteiger partial charge in [-0.2, -0.15) is 4.98 Å². The topological polar surface area (TPSA) is 73.8 Å². The molecular weight excluding hydrogens is 356 g/mol. The lowest BCUT2D eigenvalue weighted by molar-refractivity contribution is 0.382. The smallest absolute Gasteiger partial charge is 0.262 e. The van der Waals surface area contributed by atoms with Crippen LogP contribution < -0.4 is 5.56 Å². The van der Waals surface area contributed by atoms with Crippen LogP contribution in [0.3, 0.4) is 0 Å². The number of hydrogen-bond acceptors (Lipinski definition) is 7. The van der Waals surface area contributed by atoms with Gasteiger partial charge in [-0.25, -0.2) is 4.98 Å². The monoisotopic (exact) mass is 376 g/mol. The van der Waals surface area contributed by atoms with Gasteiger partial charge in [-0.15, -0.1) is 11.3 Å². The molecule has 1 aliphatic rings. The third kappa shape index (κ3) is 3.13. The van der Waals surface area contributed by atoms with E-state index >= 15 is 0 Å². The van der Waals surface area contributed by atoms with Crippen molar-refractivity contribution < 1.29 is 4.52 Å². The number of hydrogen-bond donors (Lipinski definition) is 0. The molecule has 0 radical (unpaired) electrons. The van der Waals surface area contributed by atoms with Crippen LogP contribution in [0.2, 0.25) is 0 Å². The van der Waals surface area contributed by atoms with Gasteiger partial charge in [0, 0.05) is 18.3 Å². The maximum atomic E-state index is 12.8. The summed E-state index contributed by atoms with van der Waals surface area (Å²) in [5, 5.41) is 5.52. The summed E-state index contributed by atoms with van der Waals surface area (Å²) in [4.78, 5) is 24.1. The van der Waals surface area contributed by atoms with Crippen LogP contribution in [-0.4, -0.2) is 19.7 Å². The average Bonchev–Trinajstić information content (AvgIpc) is 3.24. The Morgan fingerprint density at radius 1 is 1.32 bits per heavy atom. The molecule has 0 aromatic carbocycles. The molecule has 0 bridgehead atoms. The van der Waals surface area contributed by atoms with Crippen LogP contribution in [0.15, 0.2) is 14.5 Å². The van der Waals surface area contributed by atoms with Gasteiger partial charge in [0.15, 0.2) is 11.0 Å². The molecule has 0 spiro atoms. The van der Waals surface area contributed by atoms with Gasteiger partial charge >= 0.3 is 0 Å². The molecule has 25 heavy (non-hydrogen) atoms. The normalized spacial score (nSPS) is 13.9. The minimum Gasteiger partial charge on any atom is -0.338 e. The predicted molar refractivity (Wildman–Crippen MR) is 99.3 cm³/mol. The summed E-state index contributed by atoms with van der Waals surface area (Å²) >= 11 is 3.13.